The molecule has 0 aliphatic carbocycles. The smallest absolute Gasteiger partial charge is 0.0964 e. The molecule has 0 saturated carbocycles. The lowest BCUT2D eigenvalue weighted by Crippen LogP contribution is -2.31. The topological polar surface area (TPSA) is 52.5 Å². The van der Waals surface area contributed by atoms with Crippen molar-refractivity contribution in [2.24, 2.45) is 0 Å². The van der Waals surface area contributed by atoms with Gasteiger partial charge in [0.25, 0.3) is 0 Å². The average Bonchev–Trinajstić information content (AvgIpc) is 2.20. The molecular weight excluding hydrogens is 166 g/mol. The normalized spacial score (nSPS) is 15.3. The molecule has 0 saturated heterocycles. The molecular formula is C10H15NO2. The van der Waals surface area contributed by atoms with Gasteiger partial charge in [-0.15, -0.1) is 0 Å². The highest BCUT2D eigenvalue weighted by atomic mass is 16.3. The lowest BCUT2D eigenvalue weighted by atomic mass is 10.0. The van der Waals surface area contributed by atoms with Crippen molar-refractivity contribution in [3.63, 3.8) is 0 Å². The Morgan fingerprint density at radius 1 is 1.31 bits per heavy atom. The Labute approximate surface area is 78.0 Å². The zero-order valence-electron chi connectivity index (χ0n) is 7.64. The summed E-state index contributed by atoms with van der Waals surface area (Å²) in [6.45, 7) is -0.236. The van der Waals surface area contributed by atoms with Crippen LogP contribution in [-0.2, 0) is 0 Å². The first-order valence-corrected chi connectivity index (χ1v) is 4.30. The van der Waals surface area contributed by atoms with Crippen LogP contribution in [0.15, 0.2) is 30.3 Å². The van der Waals surface area contributed by atoms with E-state index in [1.165, 1.54) is 0 Å². The molecule has 0 aromatic heterocycles. The maximum Gasteiger partial charge on any atom is 0.0964 e. The average molecular weight is 181 g/mol. The fraction of sp³-hybridized carbons (Fsp3) is 0.400. The zero-order valence-corrected chi connectivity index (χ0v) is 7.64. The molecule has 0 unspecified atom stereocenters. The second-order valence-corrected chi connectivity index (χ2v) is 2.93. The van der Waals surface area contributed by atoms with Crippen LogP contribution in [0.4, 0.5) is 0 Å². The Kier molecular flexibility index (Phi) is 3.89. The molecule has 0 radical (unpaired) electrons. The number of hydrogen-bond acceptors (Lipinski definition) is 3. The van der Waals surface area contributed by atoms with E-state index >= 15 is 0 Å². The highest BCUT2D eigenvalue weighted by Gasteiger charge is 2.17. The number of nitrogens with one attached hydrogen (secondary N) is 1. The minimum absolute atomic E-state index is 0.203. The summed E-state index contributed by atoms with van der Waals surface area (Å²) in [7, 11) is 1.76. The van der Waals surface area contributed by atoms with Crippen LogP contribution in [0.25, 0.3) is 0 Å². The van der Waals surface area contributed by atoms with Gasteiger partial charge in [0.2, 0.25) is 0 Å². The van der Waals surface area contributed by atoms with Crippen molar-refractivity contribution in [1.82, 2.24) is 5.32 Å². The van der Waals surface area contributed by atoms with Crippen molar-refractivity contribution in [3.05, 3.63) is 35.9 Å². The zero-order chi connectivity index (χ0) is 9.68. The molecule has 13 heavy (non-hydrogen) atoms. The van der Waals surface area contributed by atoms with Crippen molar-refractivity contribution in [2.45, 2.75) is 12.1 Å². The molecule has 1 aromatic carbocycles. The van der Waals surface area contributed by atoms with Crippen molar-refractivity contribution < 1.29 is 10.2 Å². The van der Waals surface area contributed by atoms with Crippen molar-refractivity contribution >= 4 is 0 Å². The van der Waals surface area contributed by atoms with Crippen LogP contribution in [-0.4, -0.2) is 30.0 Å². The second-order valence-electron chi connectivity index (χ2n) is 2.93. The maximum atomic E-state index is 9.46. The fourth-order valence-corrected chi connectivity index (χ4v) is 1.35. The van der Waals surface area contributed by atoms with Gasteiger partial charge in [0, 0.05) is 0 Å². The summed E-state index contributed by atoms with van der Waals surface area (Å²) in [4.78, 5) is 0. The van der Waals surface area contributed by atoms with Crippen LogP contribution >= 0.6 is 0 Å². The molecule has 3 heteroatoms. The number of benzene rings is 1. The van der Waals surface area contributed by atoms with E-state index in [0.717, 1.165) is 5.56 Å². The van der Waals surface area contributed by atoms with Crippen LogP contribution in [0.5, 0.6) is 0 Å². The molecule has 0 spiro atoms. The Bertz CT molecular complexity index is 238. The summed E-state index contributed by atoms with van der Waals surface area (Å²) in [5, 5.41) is 21.2. The third kappa shape index (κ3) is 2.52. The first kappa shape index (κ1) is 10.2. The van der Waals surface area contributed by atoms with E-state index in [-0.39, 0.29) is 12.6 Å². The molecule has 1 rings (SSSR count). The fourth-order valence-electron chi connectivity index (χ4n) is 1.35. The minimum atomic E-state index is -0.757. The molecule has 3 N–H and O–H groups in total. The van der Waals surface area contributed by atoms with E-state index in [1.807, 2.05) is 30.3 Å². The predicted octanol–water partition coefficient (Wildman–Crippen LogP) is 0.300. The molecule has 3 nitrogen and oxygen atoms in total. The standard InChI is InChI=1S/C10H15NO2/c1-11-10(9(13)7-12)8-5-3-2-4-6-8/h2-6,9-13H,7H2,1H3/t9-,10+/m1/s1. The molecule has 0 fully saturated rings. The monoisotopic (exact) mass is 181 g/mol. The molecule has 0 aliphatic heterocycles. The van der Waals surface area contributed by atoms with E-state index < -0.39 is 6.10 Å². The van der Waals surface area contributed by atoms with Crippen LogP contribution < -0.4 is 5.32 Å². The van der Waals surface area contributed by atoms with Gasteiger partial charge >= 0.3 is 0 Å². The summed E-state index contributed by atoms with van der Waals surface area (Å²) in [5.41, 5.74) is 0.978. The van der Waals surface area contributed by atoms with Gasteiger partial charge in [0.05, 0.1) is 18.8 Å². The summed E-state index contributed by atoms with van der Waals surface area (Å²) < 4.78 is 0. The van der Waals surface area contributed by atoms with Gasteiger partial charge in [-0.05, 0) is 12.6 Å². The number of hydrogen-bond donors (Lipinski definition) is 3. The molecule has 72 valence electrons. The van der Waals surface area contributed by atoms with Crippen molar-refractivity contribution in [3.8, 4) is 0 Å². The first-order chi connectivity index (χ1) is 6.29. The predicted molar refractivity (Wildman–Crippen MR) is 51.3 cm³/mol. The molecule has 2 atom stereocenters. The number of likely N-dealkylation sites (N-methyl/N-ethyl adjacent to an activating group) is 1. The lowest BCUT2D eigenvalue weighted by Gasteiger charge is -2.20. The Morgan fingerprint density at radius 3 is 2.38 bits per heavy atom. The highest BCUT2D eigenvalue weighted by molar-refractivity contribution is 5.19. The van der Waals surface area contributed by atoms with Crippen LogP contribution in [0.1, 0.15) is 11.6 Å². The maximum absolute atomic E-state index is 9.46. The van der Waals surface area contributed by atoms with E-state index in [2.05, 4.69) is 5.32 Å². The van der Waals surface area contributed by atoms with Crippen LogP contribution in [0.2, 0.25) is 0 Å². The third-order valence-corrected chi connectivity index (χ3v) is 2.04. The van der Waals surface area contributed by atoms with E-state index in [4.69, 9.17) is 5.11 Å². The van der Waals surface area contributed by atoms with E-state index in [1.54, 1.807) is 7.05 Å². The first-order valence-electron chi connectivity index (χ1n) is 4.30. The van der Waals surface area contributed by atoms with Crippen LogP contribution in [0, 0.1) is 0 Å². The summed E-state index contributed by atoms with van der Waals surface area (Å²) >= 11 is 0. The van der Waals surface area contributed by atoms with Gasteiger partial charge in [-0.25, -0.2) is 0 Å². The number of rotatable bonds is 4. The lowest BCUT2D eigenvalue weighted by molar-refractivity contribution is 0.0649. The van der Waals surface area contributed by atoms with Gasteiger partial charge in [0.15, 0.2) is 0 Å². The van der Waals surface area contributed by atoms with E-state index in [0.29, 0.717) is 0 Å². The van der Waals surface area contributed by atoms with Gasteiger partial charge in [-0.3, -0.25) is 0 Å². The van der Waals surface area contributed by atoms with Gasteiger partial charge in [0.1, 0.15) is 0 Å². The SMILES string of the molecule is CN[C@@H](c1ccccc1)[C@H](O)CO. The summed E-state index contributed by atoms with van der Waals surface area (Å²) in [6.07, 6.45) is -0.757. The third-order valence-electron chi connectivity index (χ3n) is 2.04. The molecule has 1 aromatic rings. The Hall–Kier alpha value is -0.900. The molecule has 0 aliphatic rings. The van der Waals surface area contributed by atoms with Gasteiger partial charge in [-0.2, -0.15) is 0 Å². The van der Waals surface area contributed by atoms with Gasteiger partial charge < -0.3 is 15.5 Å². The van der Waals surface area contributed by atoms with Gasteiger partial charge in [-0.1, -0.05) is 30.3 Å². The second kappa shape index (κ2) is 4.97. The van der Waals surface area contributed by atoms with Crippen LogP contribution in [0.3, 0.4) is 0 Å². The molecule has 0 amide bonds. The van der Waals surface area contributed by atoms with Crippen molar-refractivity contribution in [1.29, 1.82) is 0 Å². The minimum Gasteiger partial charge on any atom is -0.394 e. The number of aliphatic hydroxyl groups is 2. The summed E-state index contributed by atoms with van der Waals surface area (Å²) in [5.74, 6) is 0. The van der Waals surface area contributed by atoms with E-state index in [9.17, 15) is 5.11 Å². The summed E-state index contributed by atoms with van der Waals surface area (Å²) in [6, 6.07) is 9.36. The largest absolute Gasteiger partial charge is 0.394 e. The molecule has 0 heterocycles. The Balaban J connectivity index is 2.78. The quantitative estimate of drug-likeness (QED) is 0.626. The highest BCUT2D eigenvalue weighted by Crippen LogP contribution is 2.15. The molecule has 0 bridgehead atoms. The number of aliphatic hydroxyl groups excluding tert-OH is 2. The Morgan fingerprint density at radius 2 is 1.92 bits per heavy atom. The van der Waals surface area contributed by atoms with Crippen molar-refractivity contribution in [2.75, 3.05) is 13.7 Å².